The van der Waals surface area contributed by atoms with Crippen LogP contribution in [0.1, 0.15) is 78.3 Å². The highest BCUT2D eigenvalue weighted by atomic mass is 14.8. The van der Waals surface area contributed by atoms with E-state index in [1.807, 2.05) is 6.08 Å². The van der Waals surface area contributed by atoms with E-state index < -0.39 is 0 Å². The summed E-state index contributed by atoms with van der Waals surface area (Å²) in [5, 5.41) is 0. The van der Waals surface area contributed by atoms with E-state index in [0.717, 1.165) is 41.7 Å². The molecule has 0 fully saturated rings. The lowest BCUT2D eigenvalue weighted by molar-refractivity contribution is 0.406. The summed E-state index contributed by atoms with van der Waals surface area (Å²) in [5.41, 5.74) is 6.93. The number of fused-ring (bicyclic) bond motifs is 1. The molecular formula is C24H34N2. The predicted octanol–water partition coefficient (Wildman–Crippen LogP) is 7.09. The zero-order valence-corrected chi connectivity index (χ0v) is 17.6. The van der Waals surface area contributed by atoms with Crippen molar-refractivity contribution >= 4 is 23.2 Å². The van der Waals surface area contributed by atoms with Crippen LogP contribution in [0.15, 0.2) is 30.4 Å². The fourth-order valence-corrected chi connectivity index (χ4v) is 3.26. The molecule has 1 aromatic heterocycles. The van der Waals surface area contributed by atoms with E-state index in [1.54, 1.807) is 0 Å². The van der Waals surface area contributed by atoms with Crippen molar-refractivity contribution < 1.29 is 0 Å². The van der Waals surface area contributed by atoms with E-state index in [2.05, 4.69) is 79.3 Å². The van der Waals surface area contributed by atoms with Crippen LogP contribution in [0, 0.1) is 10.8 Å². The summed E-state index contributed by atoms with van der Waals surface area (Å²) >= 11 is 0. The molecule has 0 N–H and O–H groups in total. The van der Waals surface area contributed by atoms with Crippen molar-refractivity contribution in [1.29, 1.82) is 0 Å². The zero-order chi connectivity index (χ0) is 19.5. The molecule has 0 radical (unpaired) electrons. The van der Waals surface area contributed by atoms with Gasteiger partial charge in [0.1, 0.15) is 0 Å². The fraction of sp³-hybridized carbons (Fsp3) is 0.500. The first-order valence-electron chi connectivity index (χ1n) is 9.63. The molecule has 2 heteroatoms. The van der Waals surface area contributed by atoms with Gasteiger partial charge in [0.15, 0.2) is 0 Å². The Labute approximate surface area is 159 Å². The molecule has 1 heterocycles. The Morgan fingerprint density at radius 3 is 2.15 bits per heavy atom. The monoisotopic (exact) mass is 350 g/mol. The summed E-state index contributed by atoms with van der Waals surface area (Å²) in [6, 6.07) is 6.44. The van der Waals surface area contributed by atoms with E-state index in [0.29, 0.717) is 0 Å². The largest absolute Gasteiger partial charge is 0.245 e. The summed E-state index contributed by atoms with van der Waals surface area (Å²) in [6.07, 6.45) is 7.14. The molecule has 0 saturated heterocycles. The van der Waals surface area contributed by atoms with Gasteiger partial charge in [-0.15, -0.1) is 0 Å². The van der Waals surface area contributed by atoms with Gasteiger partial charge in [-0.2, -0.15) is 0 Å². The second-order valence-corrected chi connectivity index (χ2v) is 9.65. The molecule has 0 aliphatic carbocycles. The highest BCUT2D eigenvalue weighted by molar-refractivity contribution is 5.78. The number of hydrogen-bond acceptors (Lipinski definition) is 2. The van der Waals surface area contributed by atoms with Gasteiger partial charge in [0.2, 0.25) is 0 Å². The third kappa shape index (κ3) is 5.79. The second-order valence-electron chi connectivity index (χ2n) is 9.65. The minimum Gasteiger partial charge on any atom is -0.245 e. The van der Waals surface area contributed by atoms with Gasteiger partial charge in [0.25, 0.3) is 0 Å². The van der Waals surface area contributed by atoms with Crippen LogP contribution in [0.4, 0.5) is 0 Å². The maximum Gasteiger partial charge on any atom is 0.0897 e. The van der Waals surface area contributed by atoms with Gasteiger partial charge in [0, 0.05) is 0 Å². The average molecular weight is 351 g/mol. The summed E-state index contributed by atoms with van der Waals surface area (Å²) < 4.78 is 0. The first-order valence-corrected chi connectivity index (χ1v) is 9.63. The van der Waals surface area contributed by atoms with Crippen molar-refractivity contribution in [2.75, 3.05) is 0 Å². The smallest absolute Gasteiger partial charge is 0.0897 e. The van der Waals surface area contributed by atoms with Crippen LogP contribution in [0.5, 0.6) is 0 Å². The average Bonchev–Trinajstić information content (AvgIpc) is 2.50. The predicted molar refractivity (Wildman–Crippen MR) is 115 cm³/mol. The van der Waals surface area contributed by atoms with Crippen LogP contribution in [0.2, 0.25) is 0 Å². The molecule has 140 valence electrons. The molecule has 0 bridgehead atoms. The van der Waals surface area contributed by atoms with Crippen LogP contribution >= 0.6 is 0 Å². The van der Waals surface area contributed by atoms with E-state index in [9.17, 15) is 0 Å². The molecule has 26 heavy (non-hydrogen) atoms. The van der Waals surface area contributed by atoms with Crippen LogP contribution in [-0.2, 0) is 6.42 Å². The number of aromatic nitrogens is 2. The van der Waals surface area contributed by atoms with Crippen molar-refractivity contribution in [2.24, 2.45) is 10.8 Å². The molecule has 2 nitrogen and oxygen atoms in total. The fourth-order valence-electron chi connectivity index (χ4n) is 3.26. The third-order valence-electron chi connectivity index (χ3n) is 4.26. The van der Waals surface area contributed by atoms with Crippen LogP contribution in [0.3, 0.4) is 0 Å². The number of allylic oxidation sites excluding steroid dienone is 1. The minimum atomic E-state index is 0.257. The van der Waals surface area contributed by atoms with E-state index in [-0.39, 0.29) is 10.8 Å². The molecule has 0 atom stereocenters. The van der Waals surface area contributed by atoms with Gasteiger partial charge < -0.3 is 0 Å². The third-order valence-corrected chi connectivity index (χ3v) is 4.26. The minimum absolute atomic E-state index is 0.257. The lowest BCUT2D eigenvalue weighted by Crippen LogP contribution is -2.09. The Kier molecular flexibility index (Phi) is 6.05. The lowest BCUT2D eigenvalue weighted by atomic mass is 9.86. The van der Waals surface area contributed by atoms with Crippen LogP contribution in [-0.4, -0.2) is 9.97 Å². The molecule has 0 spiro atoms. The molecule has 1 aromatic carbocycles. The number of benzene rings is 1. The Bertz CT molecular complexity index is 814. The molecular weight excluding hydrogens is 316 g/mol. The van der Waals surface area contributed by atoms with E-state index >= 15 is 0 Å². The van der Waals surface area contributed by atoms with Crippen LogP contribution < -0.4 is 0 Å². The van der Waals surface area contributed by atoms with Gasteiger partial charge in [-0.3, -0.25) is 0 Å². The molecule has 2 rings (SSSR count). The van der Waals surface area contributed by atoms with Crippen molar-refractivity contribution in [1.82, 2.24) is 9.97 Å². The van der Waals surface area contributed by atoms with Gasteiger partial charge in [-0.1, -0.05) is 66.7 Å². The summed E-state index contributed by atoms with van der Waals surface area (Å²) in [7, 11) is 0. The van der Waals surface area contributed by atoms with Crippen molar-refractivity contribution in [3.63, 3.8) is 0 Å². The molecule has 2 aromatic rings. The van der Waals surface area contributed by atoms with E-state index in [1.165, 1.54) is 11.1 Å². The van der Waals surface area contributed by atoms with Crippen molar-refractivity contribution in [3.8, 4) is 0 Å². The maximum atomic E-state index is 4.94. The topological polar surface area (TPSA) is 25.8 Å². The number of rotatable bonds is 5. The van der Waals surface area contributed by atoms with E-state index in [4.69, 9.17) is 9.97 Å². The first-order chi connectivity index (χ1) is 12.0. The second kappa shape index (κ2) is 7.73. The zero-order valence-electron chi connectivity index (χ0n) is 17.6. The van der Waals surface area contributed by atoms with Gasteiger partial charge in [-0.05, 0) is 59.9 Å². The van der Waals surface area contributed by atoms with Gasteiger partial charge in [0.05, 0.1) is 22.4 Å². The van der Waals surface area contributed by atoms with Crippen LogP contribution in [0.25, 0.3) is 23.2 Å². The summed E-state index contributed by atoms with van der Waals surface area (Å²) in [6.45, 7) is 19.8. The molecule has 0 aliphatic heterocycles. The highest BCUT2D eigenvalue weighted by Gasteiger charge is 2.15. The van der Waals surface area contributed by atoms with Crippen molar-refractivity contribution in [2.45, 2.75) is 67.7 Å². The number of nitrogens with zero attached hydrogens (tertiary/aromatic N) is 2. The molecule has 0 unspecified atom stereocenters. The number of hydrogen-bond donors (Lipinski definition) is 0. The standard InChI is InChI=1S/C24H34N2/c1-9-17(15-23(3,4)5)13-21-19(10-2)25-20-12-11-18(14-22(20)26-21)16-24(6,7)8/h10-14H,2,9,15-16H2,1,3-8H3/b17-13+. The lowest BCUT2D eigenvalue weighted by Gasteiger charge is -2.20. The normalized spacial score (nSPS) is 13.3. The quantitative estimate of drug-likeness (QED) is 0.575. The van der Waals surface area contributed by atoms with Gasteiger partial charge in [-0.25, -0.2) is 9.97 Å². The first kappa shape index (κ1) is 20.4. The summed E-state index contributed by atoms with van der Waals surface area (Å²) in [5.74, 6) is 0. The molecule has 0 aliphatic rings. The highest BCUT2D eigenvalue weighted by Crippen LogP contribution is 2.28. The Balaban J connectivity index is 2.51. The Hall–Kier alpha value is -1.96. The molecule has 0 amide bonds. The molecule has 0 saturated carbocycles. The maximum absolute atomic E-state index is 4.94. The Morgan fingerprint density at radius 1 is 0.962 bits per heavy atom. The van der Waals surface area contributed by atoms with Gasteiger partial charge >= 0.3 is 0 Å². The Morgan fingerprint density at radius 2 is 1.62 bits per heavy atom. The van der Waals surface area contributed by atoms with Crippen molar-refractivity contribution in [3.05, 3.63) is 47.3 Å². The SMILES string of the molecule is C=Cc1nc2ccc(CC(C)(C)C)cc2nc1/C=C(\CC)CC(C)(C)C. The summed E-state index contributed by atoms with van der Waals surface area (Å²) in [4.78, 5) is 9.73.